The van der Waals surface area contributed by atoms with Crippen molar-refractivity contribution in [2.45, 2.75) is 212 Å². The van der Waals surface area contributed by atoms with Crippen LogP contribution in [0.15, 0.2) is 0 Å². The van der Waals surface area contributed by atoms with E-state index in [0.29, 0.717) is 21.7 Å². The molecule has 288 valence electrons. The van der Waals surface area contributed by atoms with Crippen molar-refractivity contribution >= 4 is 23.9 Å². The van der Waals surface area contributed by atoms with Crippen LogP contribution < -0.4 is 20.4 Å². The van der Waals surface area contributed by atoms with Gasteiger partial charge in [-0.15, -0.1) is 0 Å². The Kier molecular flexibility index (Phi) is 38.0. The van der Waals surface area contributed by atoms with Gasteiger partial charge >= 0.3 is 25.8 Å². The first-order valence-corrected chi connectivity index (χ1v) is 18.5. The predicted octanol–water partition coefficient (Wildman–Crippen LogP) is 6.93. The molecule has 0 heterocycles. The minimum Gasteiger partial charge on any atom is -0.550 e. The fourth-order valence-corrected chi connectivity index (χ4v) is 4.41. The predicted molar refractivity (Wildman–Crippen MR) is 190 cm³/mol. The number of aliphatic carboxylic acids is 4. The van der Waals surface area contributed by atoms with Gasteiger partial charge in [0, 0.05) is 23.9 Å². The van der Waals surface area contributed by atoms with Crippen LogP contribution in [0.5, 0.6) is 0 Å². The van der Waals surface area contributed by atoms with E-state index in [0.717, 1.165) is 77.0 Å². The van der Waals surface area contributed by atoms with Crippen LogP contribution in [0.4, 0.5) is 0 Å². The molecule has 0 bridgehead atoms. The van der Waals surface area contributed by atoms with Crippen molar-refractivity contribution in [1.82, 2.24) is 0 Å². The molecule has 0 amide bonds. The van der Waals surface area contributed by atoms with Gasteiger partial charge < -0.3 is 39.6 Å². The molecule has 0 aliphatic carbocycles. The molecule has 0 unspecified atom stereocenters. The number of carboxylic acids is 4. The van der Waals surface area contributed by atoms with Crippen LogP contribution in [0.25, 0.3) is 0 Å². The second kappa shape index (κ2) is 32.6. The van der Waals surface area contributed by atoms with Crippen molar-refractivity contribution in [1.29, 1.82) is 0 Å². The van der Waals surface area contributed by atoms with Crippen molar-refractivity contribution in [2.24, 2.45) is 21.7 Å². The summed E-state index contributed by atoms with van der Waals surface area (Å²) in [6.45, 7) is 26.4. The first kappa shape index (κ1) is 57.1. The second-order valence-electron chi connectivity index (χ2n) is 18.0. The van der Waals surface area contributed by atoms with E-state index < -0.39 is 23.9 Å². The van der Waals surface area contributed by atoms with Gasteiger partial charge in [0.05, 0.1) is 0 Å². The quantitative estimate of drug-likeness (QED) is 0.0942. The Morgan fingerprint density at radius 2 is 0.449 bits per heavy atom. The van der Waals surface area contributed by atoms with Crippen LogP contribution in [0.3, 0.4) is 0 Å². The first-order valence-electron chi connectivity index (χ1n) is 18.5. The summed E-state index contributed by atoms with van der Waals surface area (Å²) in [5.74, 6) is -3.70. The van der Waals surface area contributed by atoms with Crippen molar-refractivity contribution in [3.8, 4) is 0 Å². The van der Waals surface area contributed by atoms with E-state index in [2.05, 4.69) is 83.1 Å². The van der Waals surface area contributed by atoms with E-state index in [4.69, 9.17) is 0 Å². The normalized spacial score (nSPS) is 11.3. The molecular weight excluding hydrogens is 787 g/mol. The molecule has 49 heavy (non-hydrogen) atoms. The number of rotatable bonds is 20. The number of carbonyl (C=O) groups excluding carboxylic acids is 4. The molecule has 0 saturated carbocycles. The maximum absolute atomic E-state index is 10.0. The van der Waals surface area contributed by atoms with Gasteiger partial charge in [0.1, 0.15) is 0 Å². The molecule has 8 nitrogen and oxygen atoms in total. The molecule has 0 saturated heterocycles. The Bertz CT molecular complexity index is 676. The largest absolute Gasteiger partial charge is 4.00 e. The van der Waals surface area contributed by atoms with Gasteiger partial charge in [-0.2, -0.15) is 0 Å². The van der Waals surface area contributed by atoms with Crippen LogP contribution in [0.2, 0.25) is 0 Å². The molecule has 0 aromatic carbocycles. The molecule has 9 heteroatoms. The molecule has 0 aromatic rings. The molecule has 0 atom stereocenters. The Morgan fingerprint density at radius 1 is 0.306 bits per heavy atom. The molecule has 0 fully saturated rings. The number of hydrogen-bond donors (Lipinski definition) is 0. The first-order chi connectivity index (χ1) is 21.7. The molecule has 0 aromatic heterocycles. The van der Waals surface area contributed by atoms with Gasteiger partial charge in [-0.25, -0.2) is 0 Å². The van der Waals surface area contributed by atoms with Gasteiger partial charge in [0.2, 0.25) is 0 Å². The fourth-order valence-electron chi connectivity index (χ4n) is 4.41. The standard InChI is InChI=1S/4C10H20O2.Hf/c4*1-10(2,3)8-6-4-5-7-9(11)12;/h4*4-8H2,1-3H3,(H,11,12);/q;;;;+4/p-4. The molecule has 0 aliphatic heterocycles. The summed E-state index contributed by atoms with van der Waals surface area (Å²) in [7, 11) is 0. The number of hydrogen-bond acceptors (Lipinski definition) is 8. The maximum Gasteiger partial charge on any atom is 4.00 e. The van der Waals surface area contributed by atoms with Crippen molar-refractivity contribution in [3.63, 3.8) is 0 Å². The summed E-state index contributed by atoms with van der Waals surface area (Å²) in [5, 5.41) is 40.2. The van der Waals surface area contributed by atoms with Crippen LogP contribution in [-0.2, 0) is 45.0 Å². The van der Waals surface area contributed by atoms with Crippen molar-refractivity contribution in [3.05, 3.63) is 0 Å². The summed E-state index contributed by atoms with van der Waals surface area (Å²) in [4.78, 5) is 40.2. The van der Waals surface area contributed by atoms with Crippen molar-refractivity contribution in [2.75, 3.05) is 0 Å². The minimum absolute atomic E-state index is 0. The summed E-state index contributed by atoms with van der Waals surface area (Å²) < 4.78 is 0. The SMILES string of the molecule is CC(C)(C)CCCCCC(=O)[O-].CC(C)(C)CCCCCC(=O)[O-].CC(C)(C)CCCCCC(=O)[O-].CC(C)(C)CCCCCC(=O)[O-].[Hf+4]. The monoisotopic (exact) mass is 865 g/mol. The fraction of sp³-hybridized carbons (Fsp3) is 0.900. The smallest absolute Gasteiger partial charge is 0.550 e. The summed E-state index contributed by atoms with van der Waals surface area (Å²) >= 11 is 0. The van der Waals surface area contributed by atoms with Gasteiger partial charge in [-0.05, 0) is 98.7 Å². The Labute approximate surface area is 321 Å². The van der Waals surface area contributed by atoms with Crippen LogP contribution in [-0.4, -0.2) is 23.9 Å². The van der Waals surface area contributed by atoms with Gasteiger partial charge in [0.15, 0.2) is 0 Å². The van der Waals surface area contributed by atoms with E-state index >= 15 is 0 Å². The van der Waals surface area contributed by atoms with E-state index in [9.17, 15) is 39.6 Å². The van der Waals surface area contributed by atoms with E-state index in [-0.39, 0.29) is 51.5 Å². The summed E-state index contributed by atoms with van der Waals surface area (Å²) in [6.07, 6.45) is 17.1. The third kappa shape index (κ3) is 77.5. The topological polar surface area (TPSA) is 161 Å². The van der Waals surface area contributed by atoms with Crippen LogP contribution >= 0.6 is 0 Å². The summed E-state index contributed by atoms with van der Waals surface area (Å²) in [5.41, 5.74) is 1.51. The number of carboxylic acid groups (broad SMARTS) is 4. The molecule has 0 spiro atoms. The molecule has 0 radical (unpaired) electrons. The summed E-state index contributed by atoms with van der Waals surface area (Å²) in [6, 6.07) is 0. The zero-order valence-corrected chi connectivity index (χ0v) is 37.5. The van der Waals surface area contributed by atoms with E-state index in [1.807, 2.05) is 0 Å². The zero-order chi connectivity index (χ0) is 38.5. The van der Waals surface area contributed by atoms with Crippen LogP contribution in [0.1, 0.15) is 212 Å². The van der Waals surface area contributed by atoms with Gasteiger partial charge in [-0.1, -0.05) is 134 Å². The average Bonchev–Trinajstić information content (AvgIpc) is 2.85. The van der Waals surface area contributed by atoms with Gasteiger partial charge in [0.25, 0.3) is 0 Å². The molecular formula is C40H76HfO8. The van der Waals surface area contributed by atoms with Crippen molar-refractivity contribution < 1.29 is 65.4 Å². The molecule has 0 N–H and O–H groups in total. The second-order valence-corrected chi connectivity index (χ2v) is 18.0. The molecule has 0 rings (SSSR count). The average molecular weight is 864 g/mol. The third-order valence-corrected chi connectivity index (χ3v) is 7.23. The Morgan fingerprint density at radius 3 is 0.551 bits per heavy atom. The third-order valence-electron chi connectivity index (χ3n) is 7.23. The van der Waals surface area contributed by atoms with Gasteiger partial charge in [-0.3, -0.25) is 0 Å². The Hall–Kier alpha value is -1.25. The van der Waals surface area contributed by atoms with E-state index in [1.54, 1.807) is 0 Å². The minimum atomic E-state index is -0.925. The van der Waals surface area contributed by atoms with Crippen LogP contribution in [0, 0.1) is 21.7 Å². The zero-order valence-electron chi connectivity index (χ0n) is 33.9. The van der Waals surface area contributed by atoms with E-state index in [1.165, 1.54) is 25.7 Å². The Balaban J connectivity index is -0.000000174. The number of carbonyl (C=O) groups is 4. The number of unbranched alkanes of at least 4 members (excludes halogenated alkanes) is 8. The molecule has 0 aliphatic rings. The maximum atomic E-state index is 10.0.